The van der Waals surface area contributed by atoms with Crippen molar-refractivity contribution in [2.45, 2.75) is 31.7 Å². The molecular formula is C13H17ClN2O. The van der Waals surface area contributed by atoms with Crippen molar-refractivity contribution in [3.05, 3.63) is 29.3 Å². The summed E-state index contributed by atoms with van der Waals surface area (Å²) in [4.78, 5) is 12.0. The van der Waals surface area contributed by atoms with E-state index in [1.54, 1.807) is 12.1 Å². The van der Waals surface area contributed by atoms with Gasteiger partial charge in [0, 0.05) is 22.7 Å². The maximum absolute atomic E-state index is 12.0. The Morgan fingerprint density at radius 2 is 2.00 bits per heavy atom. The maximum Gasteiger partial charge on any atom is 0.227 e. The molecule has 0 bridgehead atoms. The van der Waals surface area contributed by atoms with Crippen LogP contribution < -0.4 is 11.1 Å². The topological polar surface area (TPSA) is 55.1 Å². The number of hydrogen-bond donors (Lipinski definition) is 2. The highest BCUT2D eigenvalue weighted by Gasteiger charge is 2.24. The molecule has 0 heterocycles. The number of rotatable bonds is 2. The van der Waals surface area contributed by atoms with E-state index in [0.29, 0.717) is 5.02 Å². The molecule has 0 atom stereocenters. The Morgan fingerprint density at radius 3 is 2.65 bits per heavy atom. The summed E-state index contributed by atoms with van der Waals surface area (Å²) in [6.45, 7) is 0. The van der Waals surface area contributed by atoms with Gasteiger partial charge in [0.25, 0.3) is 0 Å². The van der Waals surface area contributed by atoms with E-state index in [-0.39, 0.29) is 17.9 Å². The maximum atomic E-state index is 12.0. The molecule has 1 aliphatic carbocycles. The molecule has 1 aromatic carbocycles. The summed E-state index contributed by atoms with van der Waals surface area (Å²) in [5.41, 5.74) is 6.58. The average molecular weight is 253 g/mol. The molecule has 17 heavy (non-hydrogen) atoms. The normalized spacial score (nSPS) is 24.4. The molecule has 3 N–H and O–H groups in total. The minimum absolute atomic E-state index is 0.0826. The Hall–Kier alpha value is -1.06. The summed E-state index contributed by atoms with van der Waals surface area (Å²) in [6.07, 6.45) is 3.64. The zero-order valence-electron chi connectivity index (χ0n) is 9.66. The summed E-state index contributed by atoms with van der Waals surface area (Å²) in [5, 5.41) is 3.54. The van der Waals surface area contributed by atoms with Crippen molar-refractivity contribution < 1.29 is 4.79 Å². The minimum atomic E-state index is 0.0826. The number of carbonyl (C=O) groups excluding carboxylic acids is 1. The van der Waals surface area contributed by atoms with Gasteiger partial charge in [0.2, 0.25) is 5.91 Å². The molecule has 1 aromatic rings. The van der Waals surface area contributed by atoms with E-state index in [4.69, 9.17) is 17.3 Å². The Labute approximate surface area is 106 Å². The van der Waals surface area contributed by atoms with Crippen molar-refractivity contribution in [2.75, 3.05) is 5.32 Å². The van der Waals surface area contributed by atoms with Gasteiger partial charge in [0.05, 0.1) is 0 Å². The number of carbonyl (C=O) groups is 1. The molecule has 0 aliphatic heterocycles. The summed E-state index contributed by atoms with van der Waals surface area (Å²) < 4.78 is 0. The predicted molar refractivity (Wildman–Crippen MR) is 70.0 cm³/mol. The highest BCUT2D eigenvalue weighted by Crippen LogP contribution is 2.25. The number of nitrogens with one attached hydrogen (secondary N) is 1. The molecule has 0 spiro atoms. The second kappa shape index (κ2) is 5.52. The van der Waals surface area contributed by atoms with Gasteiger partial charge in [-0.25, -0.2) is 0 Å². The number of amides is 1. The van der Waals surface area contributed by atoms with E-state index in [0.717, 1.165) is 31.4 Å². The van der Waals surface area contributed by atoms with Crippen molar-refractivity contribution in [3.63, 3.8) is 0 Å². The van der Waals surface area contributed by atoms with Crippen LogP contribution in [0, 0.1) is 5.92 Å². The molecule has 4 heteroatoms. The van der Waals surface area contributed by atoms with E-state index in [9.17, 15) is 4.79 Å². The summed E-state index contributed by atoms with van der Waals surface area (Å²) in [6, 6.07) is 7.49. The monoisotopic (exact) mass is 252 g/mol. The van der Waals surface area contributed by atoms with E-state index in [1.807, 2.05) is 12.1 Å². The van der Waals surface area contributed by atoms with E-state index in [2.05, 4.69) is 5.32 Å². The molecule has 0 unspecified atom stereocenters. The Kier molecular flexibility index (Phi) is 4.02. The number of benzene rings is 1. The summed E-state index contributed by atoms with van der Waals surface area (Å²) in [7, 11) is 0. The molecule has 2 rings (SSSR count). The van der Waals surface area contributed by atoms with Crippen molar-refractivity contribution in [3.8, 4) is 0 Å². The fourth-order valence-corrected chi connectivity index (χ4v) is 2.38. The number of nitrogens with two attached hydrogens (primary N) is 1. The fourth-order valence-electron chi connectivity index (χ4n) is 2.19. The Bertz CT molecular complexity index is 400. The van der Waals surface area contributed by atoms with E-state index >= 15 is 0 Å². The van der Waals surface area contributed by atoms with Crippen LogP contribution in [0.25, 0.3) is 0 Å². The first-order valence-corrected chi connectivity index (χ1v) is 6.35. The van der Waals surface area contributed by atoms with Crippen LogP contribution in [0.15, 0.2) is 24.3 Å². The first-order chi connectivity index (χ1) is 8.15. The number of hydrogen-bond acceptors (Lipinski definition) is 2. The highest BCUT2D eigenvalue weighted by molar-refractivity contribution is 6.30. The lowest BCUT2D eigenvalue weighted by Gasteiger charge is -2.25. The molecule has 1 aliphatic rings. The van der Waals surface area contributed by atoms with Crippen LogP contribution in [0.1, 0.15) is 25.7 Å². The second-order valence-corrected chi connectivity index (χ2v) is 5.05. The van der Waals surface area contributed by atoms with Crippen molar-refractivity contribution >= 4 is 23.2 Å². The van der Waals surface area contributed by atoms with Crippen LogP contribution in [-0.4, -0.2) is 11.9 Å². The molecule has 1 fully saturated rings. The van der Waals surface area contributed by atoms with Crippen molar-refractivity contribution in [1.29, 1.82) is 0 Å². The zero-order valence-corrected chi connectivity index (χ0v) is 10.4. The minimum Gasteiger partial charge on any atom is -0.328 e. The summed E-state index contributed by atoms with van der Waals surface area (Å²) >= 11 is 5.87. The van der Waals surface area contributed by atoms with Gasteiger partial charge in [-0.05, 0) is 43.9 Å². The van der Waals surface area contributed by atoms with Crippen LogP contribution in [-0.2, 0) is 4.79 Å². The molecule has 0 aromatic heterocycles. The molecule has 1 saturated carbocycles. The van der Waals surface area contributed by atoms with Gasteiger partial charge in [-0.3, -0.25) is 4.79 Å². The number of anilines is 1. The average Bonchev–Trinajstić information content (AvgIpc) is 2.29. The van der Waals surface area contributed by atoms with Gasteiger partial charge in [-0.15, -0.1) is 0 Å². The van der Waals surface area contributed by atoms with Gasteiger partial charge in [0.15, 0.2) is 0 Å². The molecular weight excluding hydrogens is 236 g/mol. The third-order valence-corrected chi connectivity index (χ3v) is 3.47. The fraction of sp³-hybridized carbons (Fsp3) is 0.462. The molecule has 1 amide bonds. The van der Waals surface area contributed by atoms with Crippen LogP contribution in [0.3, 0.4) is 0 Å². The van der Waals surface area contributed by atoms with Crippen LogP contribution in [0.2, 0.25) is 5.02 Å². The van der Waals surface area contributed by atoms with Crippen molar-refractivity contribution in [2.24, 2.45) is 11.7 Å². The van der Waals surface area contributed by atoms with Gasteiger partial charge in [0.1, 0.15) is 0 Å². The molecule has 92 valence electrons. The van der Waals surface area contributed by atoms with E-state index in [1.165, 1.54) is 0 Å². The lowest BCUT2D eigenvalue weighted by molar-refractivity contribution is -0.120. The lowest BCUT2D eigenvalue weighted by Crippen LogP contribution is -2.32. The highest BCUT2D eigenvalue weighted by atomic mass is 35.5. The lowest BCUT2D eigenvalue weighted by atomic mass is 9.86. The smallest absolute Gasteiger partial charge is 0.227 e. The largest absolute Gasteiger partial charge is 0.328 e. The predicted octanol–water partition coefficient (Wildman–Crippen LogP) is 2.80. The second-order valence-electron chi connectivity index (χ2n) is 4.61. The van der Waals surface area contributed by atoms with Gasteiger partial charge in [-0.1, -0.05) is 17.7 Å². The third kappa shape index (κ3) is 3.45. The number of halogens is 1. The van der Waals surface area contributed by atoms with Gasteiger partial charge >= 0.3 is 0 Å². The first kappa shape index (κ1) is 12.4. The standard InChI is InChI=1S/C13H17ClN2O/c14-10-2-1-3-12(8-10)16-13(17)9-4-6-11(15)7-5-9/h1-3,8-9,11H,4-7,15H2,(H,16,17). The van der Waals surface area contributed by atoms with E-state index < -0.39 is 0 Å². The van der Waals surface area contributed by atoms with Crippen molar-refractivity contribution in [1.82, 2.24) is 0 Å². The Morgan fingerprint density at radius 1 is 1.29 bits per heavy atom. The van der Waals surface area contributed by atoms with Crippen LogP contribution in [0.4, 0.5) is 5.69 Å². The van der Waals surface area contributed by atoms with Crippen LogP contribution in [0.5, 0.6) is 0 Å². The third-order valence-electron chi connectivity index (χ3n) is 3.23. The van der Waals surface area contributed by atoms with Crippen LogP contribution >= 0.6 is 11.6 Å². The molecule has 3 nitrogen and oxygen atoms in total. The zero-order chi connectivity index (χ0) is 12.3. The molecule has 0 saturated heterocycles. The van der Waals surface area contributed by atoms with Gasteiger partial charge < -0.3 is 11.1 Å². The van der Waals surface area contributed by atoms with Gasteiger partial charge in [-0.2, -0.15) is 0 Å². The summed E-state index contributed by atoms with van der Waals surface area (Å²) in [5.74, 6) is 0.174. The SMILES string of the molecule is NC1CCC(C(=O)Nc2cccc(Cl)c2)CC1. The first-order valence-electron chi connectivity index (χ1n) is 5.97. The quantitative estimate of drug-likeness (QED) is 0.850. The molecule has 0 radical (unpaired) electrons. The Balaban J connectivity index is 1.93.